The van der Waals surface area contributed by atoms with E-state index in [9.17, 15) is 8.76 Å². The zero-order chi connectivity index (χ0) is 33.9. The van der Waals surface area contributed by atoms with Crippen molar-refractivity contribution in [1.82, 2.24) is 29.3 Å². The molecule has 0 spiro atoms. The Balaban J connectivity index is 0. The van der Waals surface area contributed by atoms with Gasteiger partial charge in [0, 0.05) is 88.5 Å². The summed E-state index contributed by atoms with van der Waals surface area (Å²) in [6, 6.07) is 6.92. The van der Waals surface area contributed by atoms with E-state index in [2.05, 4.69) is 59.3 Å². The number of rotatable bonds is 18. The molecular formula is C30H41N8O5ReS2-. The monoisotopic (exact) mass is 844 g/mol. The minimum atomic E-state index is -2.32. The van der Waals surface area contributed by atoms with E-state index in [4.69, 9.17) is 26.2 Å². The van der Waals surface area contributed by atoms with Gasteiger partial charge in [0.15, 0.2) is 5.11 Å². The Bertz CT molecular complexity index is 1240. The van der Waals surface area contributed by atoms with Crippen LogP contribution in [-0.4, -0.2) is 51.0 Å². The molecule has 251 valence electrons. The number of aryl methyl sites for hydroxylation is 2. The van der Waals surface area contributed by atoms with Crippen molar-refractivity contribution < 1.29 is 43.1 Å². The molecule has 2 heterocycles. The third kappa shape index (κ3) is 20.3. The van der Waals surface area contributed by atoms with Crippen molar-refractivity contribution in [3.63, 3.8) is 0 Å². The maximum atomic E-state index is 10.7. The van der Waals surface area contributed by atoms with Crippen molar-refractivity contribution in [2.75, 3.05) is 23.1 Å². The van der Waals surface area contributed by atoms with Gasteiger partial charge < -0.3 is 29.0 Å². The maximum Gasteiger partial charge on any atom is 0 e. The van der Waals surface area contributed by atoms with Crippen LogP contribution in [0.2, 0.25) is 0 Å². The number of imidazole rings is 2. The largest absolute Gasteiger partial charge is 0 e. The topological polar surface area (TPSA) is 175 Å². The summed E-state index contributed by atoms with van der Waals surface area (Å²) in [6.07, 6.45) is 17.4. The molecule has 3 rings (SSSR count). The average Bonchev–Trinajstić information content (AvgIpc) is 3.65. The minimum absolute atomic E-state index is 0. The molecule has 0 amide bonds. The first-order valence-corrected chi connectivity index (χ1v) is 15.7. The van der Waals surface area contributed by atoms with Crippen LogP contribution in [0.5, 0.6) is 0 Å². The molecule has 1 aromatic carbocycles. The number of unbranched alkanes of at least 4 members (excludes halogenated alkanes) is 7. The number of thiocarbonyl (C=S) groups is 1. The average molecular weight is 844 g/mol. The van der Waals surface area contributed by atoms with Gasteiger partial charge in [0.1, 0.15) is 11.6 Å². The van der Waals surface area contributed by atoms with Gasteiger partial charge in [-0.3, -0.25) is 9.11 Å². The van der Waals surface area contributed by atoms with E-state index < -0.39 is 11.3 Å². The van der Waals surface area contributed by atoms with E-state index in [1.54, 1.807) is 24.3 Å². The van der Waals surface area contributed by atoms with Gasteiger partial charge in [0.2, 0.25) is 0 Å². The zero-order valence-corrected chi connectivity index (χ0v) is 30.4. The van der Waals surface area contributed by atoms with Crippen LogP contribution in [0.4, 0.5) is 11.4 Å². The third-order valence-electron chi connectivity index (χ3n) is 6.60. The van der Waals surface area contributed by atoms with E-state index in [1.807, 2.05) is 38.9 Å². The fourth-order valence-electron chi connectivity index (χ4n) is 4.33. The summed E-state index contributed by atoms with van der Waals surface area (Å²) in [6.45, 7) is 17.0. The number of hydrogen-bond donors (Lipinski definition) is 3. The maximum absolute atomic E-state index is 10.7. The molecule has 3 aromatic rings. The van der Waals surface area contributed by atoms with Gasteiger partial charge in [0.25, 0.3) is 0 Å². The van der Waals surface area contributed by atoms with Crippen molar-refractivity contribution in [2.24, 2.45) is 14.1 Å². The van der Waals surface area contributed by atoms with E-state index in [-0.39, 0.29) is 20.4 Å². The van der Waals surface area contributed by atoms with E-state index in [0.29, 0.717) is 10.8 Å². The first-order chi connectivity index (χ1) is 21.9. The Morgan fingerprint density at radius 2 is 1.26 bits per heavy atom. The second-order valence-corrected chi connectivity index (χ2v) is 10.8. The molecule has 46 heavy (non-hydrogen) atoms. The summed E-state index contributed by atoms with van der Waals surface area (Å²) >= 11 is 3.02. The Hall–Kier alpha value is -2.92. The van der Waals surface area contributed by atoms with Crippen molar-refractivity contribution >= 4 is 40.0 Å². The molecule has 0 saturated heterocycles. The van der Waals surface area contributed by atoms with Crippen LogP contribution in [0.15, 0.2) is 49.1 Å². The Labute approximate surface area is 293 Å². The molecule has 0 aliphatic carbocycles. The minimum Gasteiger partial charge on any atom is 0 e. The number of nitrogens with zero attached hydrogens (tertiary/aromatic N) is 5. The third-order valence-corrected chi connectivity index (χ3v) is 7.25. The summed E-state index contributed by atoms with van der Waals surface area (Å²) in [4.78, 5) is 11.5. The predicted molar refractivity (Wildman–Crippen MR) is 172 cm³/mol. The molecule has 3 N–H and O–H groups in total. The van der Waals surface area contributed by atoms with E-state index in [1.165, 1.54) is 44.9 Å². The first kappa shape index (κ1) is 45.2. The summed E-state index contributed by atoms with van der Waals surface area (Å²) in [5.74, 6) is 2.16. The number of anilines is 2. The predicted octanol–water partition coefficient (Wildman–Crippen LogP) is 4.35. The molecule has 0 fully saturated rings. The molecule has 0 bridgehead atoms. The van der Waals surface area contributed by atoms with Gasteiger partial charge in [-0.1, -0.05) is 38.5 Å². The molecule has 0 saturated carbocycles. The summed E-state index contributed by atoms with van der Waals surface area (Å²) in [5, 5.41) is 6.92. The van der Waals surface area contributed by atoms with Crippen molar-refractivity contribution in [2.45, 2.75) is 64.5 Å². The van der Waals surface area contributed by atoms with Crippen LogP contribution in [-0.2, 0) is 72.8 Å². The van der Waals surface area contributed by atoms with Crippen molar-refractivity contribution in [3.8, 4) is 0 Å². The van der Waals surface area contributed by atoms with E-state index >= 15 is 0 Å². The number of nitrogens with one attached hydrogen (secondary N) is 3. The standard InChI is InChI=1S/C27H42N8O2S2.3CO.Re/c1-33-19-16-28-25(33)21-35(22-26-29-17-20-34(26)2)18-10-8-6-4-3-5-7-9-15-30-27(38)31-23-11-13-24(14-12-23)32-39(36)37;3*1-2;/h11-14,16-17,19-20,32H,3-10,15,18,21-22H2,1-2H3,(H,36,37)(H2,30,31,38);;;;/p-1. The zero-order valence-electron chi connectivity index (χ0n) is 26.1. The number of benzene rings is 1. The normalized spacial score (nSPS) is 10.3. The summed E-state index contributed by atoms with van der Waals surface area (Å²) in [5.41, 5.74) is 1.32. The van der Waals surface area contributed by atoms with Gasteiger partial charge in [-0.15, -0.1) is 0 Å². The van der Waals surface area contributed by atoms with Gasteiger partial charge in [0.05, 0.1) is 13.1 Å². The molecule has 13 nitrogen and oxygen atoms in total. The van der Waals surface area contributed by atoms with E-state index in [0.717, 1.165) is 49.9 Å². The molecule has 0 aliphatic heterocycles. The molecule has 16 heteroatoms. The first-order valence-electron chi connectivity index (χ1n) is 14.2. The second kappa shape index (κ2) is 29.5. The quantitative estimate of drug-likeness (QED) is 0.0557. The van der Waals surface area contributed by atoms with Crippen LogP contribution >= 0.6 is 12.2 Å². The fraction of sp³-hybridized carbons (Fsp3) is 0.467. The molecular weight excluding hydrogens is 803 g/mol. The summed E-state index contributed by atoms with van der Waals surface area (Å²) < 4.78 is 50.3. The van der Waals surface area contributed by atoms with Gasteiger partial charge >= 0.3 is 33.9 Å². The van der Waals surface area contributed by atoms with Crippen molar-refractivity contribution in [1.29, 1.82) is 0 Å². The number of aromatic nitrogens is 4. The smallest absolute Gasteiger partial charge is 0 e. The SMILES string of the molecule is Cn1ccnc1CN(CCCCCCCCCCNC(=S)Nc1ccc(NS(=O)[O-])cc1)Cc1nccn1C.[C-]#[O+].[C-]#[O+].[C-]#[O+].[Re]. The van der Waals surface area contributed by atoms with Crippen molar-refractivity contribution in [3.05, 3.63) is 80.7 Å². The van der Waals surface area contributed by atoms with Gasteiger partial charge in [-0.2, -0.15) is 0 Å². The van der Waals surface area contributed by atoms with Crippen LogP contribution in [0.25, 0.3) is 0 Å². The second-order valence-electron chi connectivity index (χ2n) is 9.74. The fourth-order valence-corrected chi connectivity index (χ4v) is 4.88. The molecule has 2 aromatic heterocycles. The Morgan fingerprint density at radius 3 is 1.70 bits per heavy atom. The summed E-state index contributed by atoms with van der Waals surface area (Å²) in [7, 11) is 4.10. The number of hydrogen-bond acceptors (Lipinski definition) is 6. The Morgan fingerprint density at radius 1 is 0.826 bits per heavy atom. The molecule has 1 radical (unpaired) electrons. The van der Waals surface area contributed by atoms with Gasteiger partial charge in [-0.05, 0) is 55.9 Å². The molecule has 1 atom stereocenters. The van der Waals surface area contributed by atoms with Crippen LogP contribution < -0.4 is 15.4 Å². The van der Waals surface area contributed by atoms with Crippen LogP contribution in [0.1, 0.15) is 63.0 Å². The molecule has 0 aliphatic rings. The Kier molecular flexibility index (Phi) is 29.0. The molecule has 1 unspecified atom stereocenters. The van der Waals surface area contributed by atoms with Gasteiger partial charge in [-0.25, -0.2) is 9.97 Å². The van der Waals surface area contributed by atoms with Crippen LogP contribution in [0.3, 0.4) is 0 Å². The van der Waals surface area contributed by atoms with Crippen LogP contribution in [0, 0.1) is 20.0 Å².